The van der Waals surface area contributed by atoms with Crippen molar-refractivity contribution in [3.8, 4) is 0 Å². The van der Waals surface area contributed by atoms with Gasteiger partial charge in [-0.1, -0.05) is 0 Å². The number of hydrogen-bond donors (Lipinski definition) is 3. The van der Waals surface area contributed by atoms with Crippen LogP contribution in [0, 0.1) is 5.82 Å². The molecular formula is C16H18F4N2O4. The zero-order valence-electron chi connectivity index (χ0n) is 13.5. The van der Waals surface area contributed by atoms with Crippen LogP contribution in [-0.2, 0) is 22.3 Å². The van der Waals surface area contributed by atoms with Crippen molar-refractivity contribution >= 4 is 11.9 Å². The van der Waals surface area contributed by atoms with Crippen LogP contribution >= 0.6 is 0 Å². The van der Waals surface area contributed by atoms with E-state index < -0.39 is 29.5 Å². The quantitative estimate of drug-likeness (QED) is 0.548. The Labute approximate surface area is 146 Å². The average Bonchev–Trinajstić information content (AvgIpc) is 2.90. The summed E-state index contributed by atoms with van der Waals surface area (Å²) in [6.45, 7) is 1.28. The summed E-state index contributed by atoms with van der Waals surface area (Å²) in [6.07, 6.45) is -2.58. The van der Waals surface area contributed by atoms with E-state index in [0.29, 0.717) is 25.2 Å². The zero-order chi connectivity index (χ0) is 19.9. The third-order valence-electron chi connectivity index (χ3n) is 3.44. The minimum atomic E-state index is -4.45. The van der Waals surface area contributed by atoms with Crippen LogP contribution in [0.2, 0.25) is 0 Å². The molecule has 0 saturated carbocycles. The van der Waals surface area contributed by atoms with Gasteiger partial charge in [-0.3, -0.25) is 4.90 Å². The molecular weight excluding hydrogens is 360 g/mol. The number of nitrogens with two attached hydrogens (primary N) is 1. The summed E-state index contributed by atoms with van der Waals surface area (Å²) in [7, 11) is 0. The molecule has 1 heterocycles. The number of hydrogen-bond acceptors (Lipinski definition) is 4. The number of nitrogens with zero attached hydrogens (tertiary/aromatic N) is 1. The van der Waals surface area contributed by atoms with Gasteiger partial charge in [-0.15, -0.1) is 0 Å². The monoisotopic (exact) mass is 378 g/mol. The molecule has 0 aromatic heterocycles. The Morgan fingerprint density at radius 3 is 2.23 bits per heavy atom. The molecule has 1 aliphatic rings. The number of aliphatic carboxylic acids is 2. The molecule has 0 radical (unpaired) electrons. The fourth-order valence-corrected chi connectivity index (χ4v) is 2.36. The third-order valence-corrected chi connectivity index (χ3v) is 3.44. The normalized spacial score (nSPS) is 17.8. The first-order valence-corrected chi connectivity index (χ1v) is 7.46. The molecule has 1 fully saturated rings. The Morgan fingerprint density at radius 1 is 1.23 bits per heavy atom. The molecule has 1 atom stereocenters. The highest BCUT2D eigenvalue weighted by atomic mass is 19.4. The van der Waals surface area contributed by atoms with Crippen molar-refractivity contribution in [2.24, 2.45) is 5.73 Å². The van der Waals surface area contributed by atoms with Crippen molar-refractivity contribution in [2.75, 3.05) is 13.1 Å². The maximum Gasteiger partial charge on any atom is 0.416 e. The summed E-state index contributed by atoms with van der Waals surface area (Å²) in [5.41, 5.74) is 4.89. The molecule has 0 aliphatic carbocycles. The lowest BCUT2D eigenvalue weighted by atomic mass is 10.1. The molecule has 1 aromatic carbocycles. The number of benzene rings is 1. The van der Waals surface area contributed by atoms with Gasteiger partial charge >= 0.3 is 18.1 Å². The summed E-state index contributed by atoms with van der Waals surface area (Å²) in [6, 6.07) is 2.57. The van der Waals surface area contributed by atoms with Crippen molar-refractivity contribution in [3.05, 3.63) is 47.3 Å². The van der Waals surface area contributed by atoms with E-state index >= 15 is 0 Å². The molecule has 4 N–H and O–H groups in total. The van der Waals surface area contributed by atoms with Crippen LogP contribution in [0.3, 0.4) is 0 Å². The van der Waals surface area contributed by atoms with E-state index in [1.807, 2.05) is 4.90 Å². The number of likely N-dealkylation sites (tertiary alicyclic amines) is 1. The van der Waals surface area contributed by atoms with E-state index in [2.05, 4.69) is 0 Å². The van der Waals surface area contributed by atoms with Crippen LogP contribution in [0.1, 0.15) is 17.5 Å². The second kappa shape index (κ2) is 9.30. The minimum Gasteiger partial charge on any atom is -0.478 e. The molecule has 10 heteroatoms. The molecule has 0 bridgehead atoms. The van der Waals surface area contributed by atoms with E-state index in [-0.39, 0.29) is 18.2 Å². The van der Waals surface area contributed by atoms with Gasteiger partial charge in [-0.25, -0.2) is 14.0 Å². The maximum absolute atomic E-state index is 13.1. The largest absolute Gasteiger partial charge is 0.478 e. The number of halogens is 4. The fraction of sp³-hybridized carbons (Fsp3) is 0.375. The lowest BCUT2D eigenvalue weighted by Crippen LogP contribution is -2.27. The SMILES string of the molecule is NC1CCN(Cc2cc(F)ccc2C(F)(F)F)C1.O=C(O)/C=C/C(=O)O. The summed E-state index contributed by atoms with van der Waals surface area (Å²) < 4.78 is 51.4. The number of alkyl halides is 3. The van der Waals surface area contributed by atoms with Crippen LogP contribution < -0.4 is 5.73 Å². The molecule has 1 aliphatic heterocycles. The topological polar surface area (TPSA) is 104 Å². The van der Waals surface area contributed by atoms with Crippen molar-refractivity contribution < 1.29 is 37.4 Å². The molecule has 144 valence electrons. The van der Waals surface area contributed by atoms with Gasteiger partial charge < -0.3 is 15.9 Å². The molecule has 1 saturated heterocycles. The first kappa shape index (κ1) is 21.6. The lowest BCUT2D eigenvalue weighted by Gasteiger charge is -2.19. The minimum absolute atomic E-state index is 0.00658. The van der Waals surface area contributed by atoms with Crippen molar-refractivity contribution in [3.63, 3.8) is 0 Å². The van der Waals surface area contributed by atoms with Gasteiger partial charge in [-0.05, 0) is 30.2 Å². The number of carboxylic acids is 2. The summed E-state index contributed by atoms with van der Waals surface area (Å²) >= 11 is 0. The van der Waals surface area contributed by atoms with Crippen molar-refractivity contribution in [1.82, 2.24) is 4.90 Å². The van der Waals surface area contributed by atoms with Gasteiger partial charge in [0.05, 0.1) is 5.56 Å². The number of carbonyl (C=O) groups is 2. The van der Waals surface area contributed by atoms with Crippen LogP contribution in [0.15, 0.2) is 30.4 Å². The van der Waals surface area contributed by atoms with Gasteiger partial charge in [-0.2, -0.15) is 13.2 Å². The standard InChI is InChI=1S/C12H14F4N2.C4H4O4/c13-9-1-2-11(12(14,15)16)8(5-9)6-18-4-3-10(17)7-18;5-3(6)1-2-4(7)8/h1-2,5,10H,3-4,6-7,17H2;1-2H,(H,5,6)(H,7,8)/b;2-1+. The zero-order valence-corrected chi connectivity index (χ0v) is 13.5. The molecule has 2 rings (SSSR count). The highest BCUT2D eigenvalue weighted by Gasteiger charge is 2.34. The first-order valence-electron chi connectivity index (χ1n) is 7.46. The number of carboxylic acid groups (broad SMARTS) is 2. The molecule has 0 spiro atoms. The maximum atomic E-state index is 13.1. The van der Waals surface area contributed by atoms with Crippen LogP contribution in [0.4, 0.5) is 17.6 Å². The Kier molecular flexibility index (Phi) is 7.72. The predicted molar refractivity (Wildman–Crippen MR) is 83.7 cm³/mol. The Balaban J connectivity index is 0.000000359. The van der Waals surface area contributed by atoms with E-state index in [0.717, 1.165) is 24.6 Å². The highest BCUT2D eigenvalue weighted by molar-refractivity contribution is 5.89. The van der Waals surface area contributed by atoms with E-state index in [9.17, 15) is 27.2 Å². The van der Waals surface area contributed by atoms with Crippen LogP contribution in [0.5, 0.6) is 0 Å². The molecule has 0 amide bonds. The Hall–Kier alpha value is -2.46. The van der Waals surface area contributed by atoms with Gasteiger partial charge in [0.2, 0.25) is 0 Å². The van der Waals surface area contributed by atoms with Crippen LogP contribution in [-0.4, -0.2) is 46.2 Å². The third kappa shape index (κ3) is 7.62. The van der Waals surface area contributed by atoms with Crippen LogP contribution in [0.25, 0.3) is 0 Å². The number of rotatable bonds is 4. The molecule has 1 aromatic rings. The lowest BCUT2D eigenvalue weighted by molar-refractivity contribution is -0.138. The molecule has 26 heavy (non-hydrogen) atoms. The predicted octanol–water partition coefficient (Wildman–Crippen LogP) is 2.09. The summed E-state index contributed by atoms with van der Waals surface area (Å²) in [4.78, 5) is 20.9. The van der Waals surface area contributed by atoms with Gasteiger partial charge in [0.1, 0.15) is 5.82 Å². The summed E-state index contributed by atoms with van der Waals surface area (Å²) in [5.74, 6) is -3.17. The fourth-order valence-electron chi connectivity index (χ4n) is 2.36. The van der Waals surface area contributed by atoms with E-state index in [4.69, 9.17) is 15.9 Å². The second-order valence-corrected chi connectivity index (χ2v) is 5.59. The first-order chi connectivity index (χ1) is 12.0. The molecule has 6 nitrogen and oxygen atoms in total. The van der Waals surface area contributed by atoms with Crippen molar-refractivity contribution in [2.45, 2.75) is 25.2 Å². The van der Waals surface area contributed by atoms with Gasteiger partial charge in [0.25, 0.3) is 0 Å². The second-order valence-electron chi connectivity index (χ2n) is 5.59. The van der Waals surface area contributed by atoms with E-state index in [1.165, 1.54) is 0 Å². The Morgan fingerprint density at radius 2 is 1.81 bits per heavy atom. The van der Waals surface area contributed by atoms with Gasteiger partial charge in [0.15, 0.2) is 0 Å². The summed E-state index contributed by atoms with van der Waals surface area (Å²) in [5, 5.41) is 15.6. The smallest absolute Gasteiger partial charge is 0.416 e. The molecule has 1 unspecified atom stereocenters. The highest BCUT2D eigenvalue weighted by Crippen LogP contribution is 2.33. The van der Waals surface area contributed by atoms with Crippen molar-refractivity contribution in [1.29, 1.82) is 0 Å². The van der Waals surface area contributed by atoms with E-state index in [1.54, 1.807) is 0 Å². The Bertz CT molecular complexity index is 661. The van der Waals surface area contributed by atoms with Gasteiger partial charge in [0, 0.05) is 37.8 Å². The average molecular weight is 378 g/mol.